The van der Waals surface area contributed by atoms with Gasteiger partial charge in [-0.2, -0.15) is 0 Å². The van der Waals surface area contributed by atoms with E-state index in [1.807, 2.05) is 0 Å². The SMILES string of the molecule is O=C(O)[C@@]1(Oc2cc(F)c(F)c(F)c2)CCCNC1=S. The van der Waals surface area contributed by atoms with Crippen molar-refractivity contribution in [1.29, 1.82) is 0 Å². The smallest absolute Gasteiger partial charge is 0.355 e. The molecule has 0 aromatic heterocycles. The van der Waals surface area contributed by atoms with Gasteiger partial charge in [0.1, 0.15) is 10.7 Å². The molecule has 1 fully saturated rings. The van der Waals surface area contributed by atoms with Crippen molar-refractivity contribution in [2.24, 2.45) is 0 Å². The number of hydrogen-bond acceptors (Lipinski definition) is 3. The number of carboxylic acid groups (broad SMARTS) is 1. The number of rotatable bonds is 3. The first-order chi connectivity index (χ1) is 9.36. The maximum Gasteiger partial charge on any atom is 0.355 e. The highest BCUT2D eigenvalue weighted by molar-refractivity contribution is 7.80. The highest BCUT2D eigenvalue weighted by Gasteiger charge is 2.47. The summed E-state index contributed by atoms with van der Waals surface area (Å²) in [5.41, 5.74) is -1.90. The zero-order chi connectivity index (χ0) is 14.9. The Labute approximate surface area is 117 Å². The molecule has 0 unspecified atom stereocenters. The zero-order valence-electron chi connectivity index (χ0n) is 10.1. The second kappa shape index (κ2) is 5.28. The molecule has 1 saturated heterocycles. The van der Waals surface area contributed by atoms with E-state index in [1.165, 1.54) is 0 Å². The lowest BCUT2D eigenvalue weighted by Crippen LogP contribution is -2.59. The molecule has 1 heterocycles. The predicted molar refractivity (Wildman–Crippen MR) is 67.1 cm³/mol. The molecule has 0 spiro atoms. The Balaban J connectivity index is 2.39. The molecule has 108 valence electrons. The number of halogens is 3. The van der Waals surface area contributed by atoms with Gasteiger partial charge in [0.05, 0.1) is 0 Å². The maximum absolute atomic E-state index is 13.1. The summed E-state index contributed by atoms with van der Waals surface area (Å²) in [5, 5.41) is 12.0. The molecule has 1 aliphatic heterocycles. The molecule has 1 aromatic carbocycles. The molecule has 0 radical (unpaired) electrons. The van der Waals surface area contributed by atoms with Crippen LogP contribution < -0.4 is 10.1 Å². The Hall–Kier alpha value is -1.83. The molecule has 0 aliphatic carbocycles. The van der Waals surface area contributed by atoms with Gasteiger partial charge in [0.2, 0.25) is 0 Å². The largest absolute Gasteiger partial charge is 0.478 e. The van der Waals surface area contributed by atoms with Crippen LogP contribution in [0.2, 0.25) is 0 Å². The standard InChI is InChI=1S/C12H10F3NO3S/c13-7-4-6(5-8(14)9(7)15)19-12(11(17)18)2-1-3-16-10(12)20/h4-5H,1-3H2,(H,16,20)(H,17,18)/t12-/m1/s1. The van der Waals surface area contributed by atoms with Crippen molar-refractivity contribution in [2.75, 3.05) is 6.54 Å². The lowest BCUT2D eigenvalue weighted by atomic mass is 9.93. The van der Waals surface area contributed by atoms with Crippen molar-refractivity contribution in [3.63, 3.8) is 0 Å². The molecule has 2 N–H and O–H groups in total. The van der Waals surface area contributed by atoms with Crippen LogP contribution in [0, 0.1) is 17.5 Å². The van der Waals surface area contributed by atoms with Gasteiger partial charge in [-0.05, 0) is 6.42 Å². The minimum atomic E-state index is -1.90. The van der Waals surface area contributed by atoms with Crippen molar-refractivity contribution in [1.82, 2.24) is 5.32 Å². The van der Waals surface area contributed by atoms with Gasteiger partial charge in [-0.1, -0.05) is 12.2 Å². The Morgan fingerprint density at radius 2 is 1.95 bits per heavy atom. The van der Waals surface area contributed by atoms with Crippen LogP contribution >= 0.6 is 12.2 Å². The molecule has 0 amide bonds. The van der Waals surface area contributed by atoms with E-state index in [9.17, 15) is 23.1 Å². The van der Waals surface area contributed by atoms with Gasteiger partial charge in [0.15, 0.2) is 17.5 Å². The molecule has 1 aliphatic rings. The second-order valence-corrected chi connectivity index (χ2v) is 4.70. The van der Waals surface area contributed by atoms with Gasteiger partial charge >= 0.3 is 5.97 Å². The van der Waals surface area contributed by atoms with E-state index in [0.29, 0.717) is 25.1 Å². The van der Waals surface area contributed by atoms with Gasteiger partial charge in [0.25, 0.3) is 5.60 Å². The van der Waals surface area contributed by atoms with Crippen LogP contribution in [-0.2, 0) is 4.79 Å². The van der Waals surface area contributed by atoms with Crippen LogP contribution in [0.5, 0.6) is 5.75 Å². The fraction of sp³-hybridized carbons (Fsp3) is 0.333. The van der Waals surface area contributed by atoms with Gasteiger partial charge in [0, 0.05) is 25.1 Å². The van der Waals surface area contributed by atoms with Gasteiger partial charge < -0.3 is 15.2 Å². The predicted octanol–water partition coefficient (Wildman–Crippen LogP) is 2.02. The number of carbonyl (C=O) groups is 1. The molecule has 20 heavy (non-hydrogen) atoms. The van der Waals surface area contributed by atoms with E-state index >= 15 is 0 Å². The van der Waals surface area contributed by atoms with Crippen molar-refractivity contribution < 1.29 is 27.8 Å². The van der Waals surface area contributed by atoms with Crippen LogP contribution in [0.4, 0.5) is 13.2 Å². The van der Waals surface area contributed by atoms with Crippen LogP contribution in [0.25, 0.3) is 0 Å². The van der Waals surface area contributed by atoms with E-state index in [1.54, 1.807) is 0 Å². The molecule has 2 rings (SSSR count). The minimum Gasteiger partial charge on any atom is -0.478 e. The summed E-state index contributed by atoms with van der Waals surface area (Å²) in [6.45, 7) is 0.489. The molecular formula is C12H10F3NO3S. The number of nitrogens with one attached hydrogen (secondary N) is 1. The van der Waals surface area contributed by atoms with E-state index in [4.69, 9.17) is 17.0 Å². The van der Waals surface area contributed by atoms with Gasteiger partial charge in [-0.3, -0.25) is 0 Å². The highest BCUT2D eigenvalue weighted by atomic mass is 32.1. The first-order valence-electron chi connectivity index (χ1n) is 5.72. The van der Waals surface area contributed by atoms with Gasteiger partial charge in [-0.15, -0.1) is 0 Å². The van der Waals surface area contributed by atoms with E-state index in [-0.39, 0.29) is 11.4 Å². The number of ether oxygens (including phenoxy) is 1. The molecule has 8 heteroatoms. The first kappa shape index (κ1) is 14.6. The average molecular weight is 305 g/mol. The van der Waals surface area contributed by atoms with Crippen LogP contribution in [-0.4, -0.2) is 28.2 Å². The summed E-state index contributed by atoms with van der Waals surface area (Å²) in [6.07, 6.45) is 0.507. The summed E-state index contributed by atoms with van der Waals surface area (Å²) in [6, 6.07) is 1.17. The summed E-state index contributed by atoms with van der Waals surface area (Å²) in [7, 11) is 0. The fourth-order valence-electron chi connectivity index (χ4n) is 1.93. The summed E-state index contributed by atoms with van der Waals surface area (Å²) >= 11 is 4.93. The highest BCUT2D eigenvalue weighted by Crippen LogP contribution is 2.29. The lowest BCUT2D eigenvalue weighted by molar-refractivity contribution is -0.150. The third-order valence-corrected chi connectivity index (χ3v) is 3.43. The van der Waals surface area contributed by atoms with E-state index < -0.39 is 34.8 Å². The Kier molecular flexibility index (Phi) is 3.85. The molecular weight excluding hydrogens is 295 g/mol. The quantitative estimate of drug-likeness (QED) is 0.661. The van der Waals surface area contributed by atoms with Crippen molar-refractivity contribution in [2.45, 2.75) is 18.4 Å². The maximum atomic E-state index is 13.1. The number of hydrogen-bond donors (Lipinski definition) is 2. The molecule has 0 saturated carbocycles. The molecule has 1 aromatic rings. The van der Waals surface area contributed by atoms with Gasteiger partial charge in [-0.25, -0.2) is 18.0 Å². The van der Waals surface area contributed by atoms with E-state index in [0.717, 1.165) is 0 Å². The Bertz CT molecular complexity index is 558. The Morgan fingerprint density at radius 3 is 2.45 bits per heavy atom. The fourth-order valence-corrected chi connectivity index (χ4v) is 2.27. The van der Waals surface area contributed by atoms with Crippen LogP contribution in [0.1, 0.15) is 12.8 Å². The first-order valence-corrected chi connectivity index (χ1v) is 6.13. The lowest BCUT2D eigenvalue weighted by Gasteiger charge is -2.34. The number of carboxylic acids is 1. The minimum absolute atomic E-state index is 0.0504. The van der Waals surface area contributed by atoms with Crippen molar-refractivity contribution in [3.05, 3.63) is 29.6 Å². The summed E-state index contributed by atoms with van der Waals surface area (Å²) in [4.78, 5) is 11.3. The zero-order valence-corrected chi connectivity index (χ0v) is 10.9. The third kappa shape index (κ3) is 2.43. The summed E-state index contributed by atoms with van der Waals surface area (Å²) < 4.78 is 44.3. The Morgan fingerprint density at radius 1 is 1.35 bits per heavy atom. The summed E-state index contributed by atoms with van der Waals surface area (Å²) in [5.74, 6) is -6.38. The van der Waals surface area contributed by atoms with Crippen molar-refractivity contribution >= 4 is 23.2 Å². The monoisotopic (exact) mass is 305 g/mol. The number of benzene rings is 1. The van der Waals surface area contributed by atoms with Crippen molar-refractivity contribution in [3.8, 4) is 5.75 Å². The third-order valence-electron chi connectivity index (χ3n) is 2.95. The molecule has 4 nitrogen and oxygen atoms in total. The molecule has 0 bridgehead atoms. The molecule has 1 atom stereocenters. The average Bonchev–Trinajstić information content (AvgIpc) is 2.38. The number of thiocarbonyl (C=S) groups is 1. The van der Waals surface area contributed by atoms with E-state index in [2.05, 4.69) is 5.32 Å². The second-order valence-electron chi connectivity index (χ2n) is 4.29. The normalized spacial score (nSPS) is 22.2. The van der Waals surface area contributed by atoms with Crippen LogP contribution in [0.15, 0.2) is 12.1 Å². The topological polar surface area (TPSA) is 58.6 Å². The number of piperidine rings is 1. The number of aliphatic carboxylic acids is 1. The van der Waals surface area contributed by atoms with Crippen LogP contribution in [0.3, 0.4) is 0 Å².